The third-order valence-corrected chi connectivity index (χ3v) is 6.79. The summed E-state index contributed by atoms with van der Waals surface area (Å²) in [6.45, 7) is 7.17. The van der Waals surface area contributed by atoms with Crippen molar-refractivity contribution in [3.8, 4) is 0 Å². The summed E-state index contributed by atoms with van der Waals surface area (Å²) in [5, 5.41) is 0. The molecule has 1 aliphatic heterocycles. The fourth-order valence-corrected chi connectivity index (χ4v) is 4.67. The van der Waals surface area contributed by atoms with Gasteiger partial charge in [0.25, 0.3) is 5.91 Å². The van der Waals surface area contributed by atoms with E-state index in [0.717, 1.165) is 44.3 Å². The number of imidazole rings is 1. The molecule has 0 aromatic carbocycles. The number of carbonyl (C=O) groups is 2. The van der Waals surface area contributed by atoms with Crippen LogP contribution in [0.5, 0.6) is 0 Å². The number of carbonyl (C=O) groups excluding carboxylic acids is 2. The van der Waals surface area contributed by atoms with Crippen molar-refractivity contribution in [1.29, 1.82) is 0 Å². The fourth-order valence-electron chi connectivity index (χ4n) is 4.67. The summed E-state index contributed by atoms with van der Waals surface area (Å²) in [6, 6.07) is -0.396. The van der Waals surface area contributed by atoms with Crippen molar-refractivity contribution in [3.63, 3.8) is 0 Å². The molecule has 2 heterocycles. The monoisotopic (exact) mass is 431 g/mol. The predicted molar refractivity (Wildman–Crippen MR) is 127 cm³/mol. The Morgan fingerprint density at radius 3 is 2.23 bits per heavy atom. The molecule has 5 heteroatoms. The Labute approximate surface area is 190 Å². The molecule has 2 unspecified atom stereocenters. The average Bonchev–Trinajstić information content (AvgIpc) is 3.34. The number of aromatic nitrogens is 2. The van der Waals surface area contributed by atoms with Crippen LogP contribution in [-0.2, 0) is 16.0 Å². The molecular weight excluding hydrogens is 386 g/mol. The number of imide groups is 1. The Morgan fingerprint density at radius 2 is 1.58 bits per heavy atom. The molecule has 31 heavy (non-hydrogen) atoms. The molecule has 1 aromatic heterocycles. The maximum absolute atomic E-state index is 13.1. The van der Waals surface area contributed by atoms with E-state index in [4.69, 9.17) is 0 Å². The summed E-state index contributed by atoms with van der Waals surface area (Å²) < 4.78 is 1.97. The van der Waals surface area contributed by atoms with Gasteiger partial charge in [-0.25, -0.2) is 4.98 Å². The van der Waals surface area contributed by atoms with Crippen LogP contribution in [-0.4, -0.2) is 32.8 Å². The summed E-state index contributed by atoms with van der Waals surface area (Å²) in [7, 11) is 0. The molecule has 0 spiro atoms. The number of hydrogen-bond acceptors (Lipinski definition) is 3. The van der Waals surface area contributed by atoms with Crippen LogP contribution in [0.2, 0.25) is 0 Å². The zero-order valence-corrected chi connectivity index (χ0v) is 20.3. The van der Waals surface area contributed by atoms with Crippen LogP contribution in [0.1, 0.15) is 123 Å². The Bertz CT molecular complexity index is 655. The maximum Gasteiger partial charge on any atom is 0.252 e. The molecule has 0 N–H and O–H groups in total. The minimum absolute atomic E-state index is 0.0207. The molecule has 2 amide bonds. The van der Waals surface area contributed by atoms with E-state index in [2.05, 4.69) is 25.8 Å². The quantitative estimate of drug-likeness (QED) is 0.210. The summed E-state index contributed by atoms with van der Waals surface area (Å²) in [4.78, 5) is 31.7. The van der Waals surface area contributed by atoms with E-state index < -0.39 is 6.04 Å². The first-order valence-electron chi connectivity index (χ1n) is 13.0. The molecule has 1 aromatic rings. The summed E-state index contributed by atoms with van der Waals surface area (Å²) in [6.07, 6.45) is 20.9. The second-order valence-corrected chi connectivity index (χ2v) is 9.31. The van der Waals surface area contributed by atoms with Crippen molar-refractivity contribution in [3.05, 3.63) is 18.2 Å². The SMILES string of the molecule is CCCCCCCCCCCc1nccn1C1CC(=O)N(CC(CC)CCCC)C1=O. The van der Waals surface area contributed by atoms with E-state index in [9.17, 15) is 9.59 Å². The Kier molecular flexibility index (Phi) is 11.9. The molecule has 0 radical (unpaired) electrons. The lowest BCUT2D eigenvalue weighted by atomic mass is 9.99. The highest BCUT2D eigenvalue weighted by atomic mass is 16.2. The van der Waals surface area contributed by atoms with E-state index >= 15 is 0 Å². The number of unbranched alkanes of at least 4 members (excludes halogenated alkanes) is 9. The number of hydrogen-bond donors (Lipinski definition) is 0. The fraction of sp³-hybridized carbons (Fsp3) is 0.808. The van der Waals surface area contributed by atoms with E-state index in [0.29, 0.717) is 12.5 Å². The van der Waals surface area contributed by atoms with Crippen molar-refractivity contribution in [2.24, 2.45) is 5.92 Å². The summed E-state index contributed by atoms with van der Waals surface area (Å²) in [5.74, 6) is 1.31. The van der Waals surface area contributed by atoms with Gasteiger partial charge in [-0.3, -0.25) is 14.5 Å². The van der Waals surface area contributed by atoms with Gasteiger partial charge in [-0.2, -0.15) is 0 Å². The average molecular weight is 432 g/mol. The van der Waals surface area contributed by atoms with Gasteiger partial charge in [0.1, 0.15) is 11.9 Å². The van der Waals surface area contributed by atoms with Crippen LogP contribution in [0.3, 0.4) is 0 Å². The lowest BCUT2D eigenvalue weighted by Gasteiger charge is -2.22. The van der Waals surface area contributed by atoms with Crippen LogP contribution in [0.4, 0.5) is 0 Å². The molecule has 1 fully saturated rings. The van der Waals surface area contributed by atoms with E-state index in [1.54, 1.807) is 6.20 Å². The zero-order valence-electron chi connectivity index (χ0n) is 20.3. The van der Waals surface area contributed by atoms with Crippen LogP contribution in [0.15, 0.2) is 12.4 Å². The highest BCUT2D eigenvalue weighted by Gasteiger charge is 2.40. The lowest BCUT2D eigenvalue weighted by molar-refractivity contribution is -0.140. The number of likely N-dealkylation sites (tertiary alicyclic amines) is 1. The van der Waals surface area contributed by atoms with Gasteiger partial charge in [0.2, 0.25) is 5.91 Å². The Morgan fingerprint density at radius 1 is 0.935 bits per heavy atom. The first-order chi connectivity index (χ1) is 15.1. The van der Waals surface area contributed by atoms with Gasteiger partial charge in [0.15, 0.2) is 0 Å². The molecule has 2 rings (SSSR count). The topological polar surface area (TPSA) is 55.2 Å². The van der Waals surface area contributed by atoms with Crippen LogP contribution < -0.4 is 0 Å². The number of nitrogens with zero attached hydrogens (tertiary/aromatic N) is 3. The van der Waals surface area contributed by atoms with Crippen molar-refractivity contribution in [2.45, 2.75) is 123 Å². The summed E-state index contributed by atoms with van der Waals surface area (Å²) in [5.41, 5.74) is 0. The Balaban J connectivity index is 1.80. The smallest absolute Gasteiger partial charge is 0.252 e. The van der Waals surface area contributed by atoms with Gasteiger partial charge in [-0.05, 0) is 18.8 Å². The van der Waals surface area contributed by atoms with Crippen molar-refractivity contribution >= 4 is 11.8 Å². The zero-order chi connectivity index (χ0) is 22.5. The second kappa shape index (κ2) is 14.4. The van der Waals surface area contributed by atoms with Gasteiger partial charge < -0.3 is 4.57 Å². The molecule has 5 nitrogen and oxygen atoms in total. The third-order valence-electron chi connectivity index (χ3n) is 6.79. The minimum Gasteiger partial charge on any atom is -0.322 e. The van der Waals surface area contributed by atoms with Gasteiger partial charge in [-0.1, -0.05) is 91.4 Å². The molecule has 2 atom stereocenters. The Hall–Kier alpha value is -1.65. The van der Waals surface area contributed by atoms with E-state index in [1.807, 2.05) is 10.8 Å². The van der Waals surface area contributed by atoms with Crippen LogP contribution in [0, 0.1) is 5.92 Å². The number of amides is 2. The molecule has 0 aliphatic carbocycles. The maximum atomic E-state index is 13.1. The molecule has 176 valence electrons. The van der Waals surface area contributed by atoms with Crippen LogP contribution in [0.25, 0.3) is 0 Å². The first-order valence-corrected chi connectivity index (χ1v) is 13.0. The molecule has 1 saturated heterocycles. The van der Waals surface area contributed by atoms with Crippen LogP contribution >= 0.6 is 0 Å². The normalized spacial score (nSPS) is 17.6. The predicted octanol–water partition coefficient (Wildman–Crippen LogP) is 6.47. The highest BCUT2D eigenvalue weighted by Crippen LogP contribution is 2.28. The highest BCUT2D eigenvalue weighted by molar-refractivity contribution is 6.04. The first kappa shape index (κ1) is 25.6. The van der Waals surface area contributed by atoms with Crippen molar-refractivity contribution in [2.75, 3.05) is 6.54 Å². The molecule has 0 bridgehead atoms. The third kappa shape index (κ3) is 8.08. The van der Waals surface area contributed by atoms with Crippen molar-refractivity contribution in [1.82, 2.24) is 14.5 Å². The van der Waals surface area contributed by atoms with Gasteiger partial charge in [0.05, 0.1) is 6.42 Å². The largest absolute Gasteiger partial charge is 0.322 e. The minimum atomic E-state index is -0.396. The van der Waals surface area contributed by atoms with Gasteiger partial charge in [-0.15, -0.1) is 0 Å². The van der Waals surface area contributed by atoms with Gasteiger partial charge in [0, 0.05) is 25.4 Å². The molecule has 1 aliphatic rings. The molecular formula is C26H45N3O2. The summed E-state index contributed by atoms with van der Waals surface area (Å²) >= 11 is 0. The standard InChI is InChI=1S/C26H45N3O2/c1-4-7-9-10-11-12-13-14-15-17-24-27-18-19-28(24)23-20-25(30)29(26(23)31)21-22(6-3)16-8-5-2/h18-19,22-23H,4-17,20-21H2,1-3H3. The van der Waals surface area contributed by atoms with Gasteiger partial charge >= 0.3 is 0 Å². The number of aryl methyl sites for hydroxylation is 1. The number of rotatable bonds is 17. The lowest BCUT2D eigenvalue weighted by Crippen LogP contribution is -2.35. The van der Waals surface area contributed by atoms with Crippen molar-refractivity contribution < 1.29 is 9.59 Å². The second-order valence-electron chi connectivity index (χ2n) is 9.31. The van der Waals surface area contributed by atoms with E-state index in [1.165, 1.54) is 56.3 Å². The van der Waals surface area contributed by atoms with E-state index in [-0.39, 0.29) is 18.2 Å². The molecule has 0 saturated carbocycles.